The van der Waals surface area contributed by atoms with Crippen molar-refractivity contribution in [3.63, 3.8) is 0 Å². The summed E-state index contributed by atoms with van der Waals surface area (Å²) in [7, 11) is 0. The average Bonchev–Trinajstić information content (AvgIpc) is 2.81. The minimum absolute atomic E-state index is 0.0462. The summed E-state index contributed by atoms with van der Waals surface area (Å²) < 4.78 is 1.41. The number of hydrogen-bond donors (Lipinski definition) is 1. The van der Waals surface area contributed by atoms with Gasteiger partial charge in [-0.2, -0.15) is 0 Å². The molecule has 0 spiro atoms. The normalized spacial score (nSPS) is 13.5. The van der Waals surface area contributed by atoms with Gasteiger partial charge in [0.15, 0.2) is 0 Å². The summed E-state index contributed by atoms with van der Waals surface area (Å²) >= 11 is 0. The lowest BCUT2D eigenvalue weighted by molar-refractivity contribution is -0.116. The van der Waals surface area contributed by atoms with Crippen LogP contribution in [0, 0.1) is 0 Å². The molecule has 1 amide bonds. The Morgan fingerprint density at radius 3 is 2.59 bits per heavy atom. The van der Waals surface area contributed by atoms with Gasteiger partial charge in [-0.05, 0) is 36.1 Å². The van der Waals surface area contributed by atoms with E-state index in [-0.39, 0.29) is 18.0 Å². The quantitative estimate of drug-likeness (QED) is 0.591. The number of nitrogens with zero attached hydrogens (tertiary/aromatic N) is 3. The molecule has 6 heteroatoms. The molecule has 0 saturated heterocycles. The number of fused-ring (bicyclic) bond motifs is 1. The zero-order valence-corrected chi connectivity index (χ0v) is 18.6. The van der Waals surface area contributed by atoms with Crippen LogP contribution in [0.15, 0.2) is 65.7 Å². The standard InChI is InChI=1S/C26H30N4O2/c1-2-3-7-20-10-12-22(13-11-20)28-25(31)18-30-19-27-24-14-15-29(17-23(24)26(30)32)16-21-8-5-4-6-9-21/h4-6,8-13,19H,2-3,7,14-18H2,1H3,(H,28,31). The van der Waals surface area contributed by atoms with Crippen LogP contribution in [0.2, 0.25) is 0 Å². The number of anilines is 1. The topological polar surface area (TPSA) is 67.2 Å². The Hall–Kier alpha value is -3.25. The predicted octanol–water partition coefficient (Wildman–Crippen LogP) is 3.78. The molecule has 2 heterocycles. The molecule has 1 aliphatic rings. The van der Waals surface area contributed by atoms with E-state index in [0.29, 0.717) is 12.1 Å². The second-order valence-corrected chi connectivity index (χ2v) is 8.40. The number of carbonyl (C=O) groups excluding carboxylic acids is 1. The van der Waals surface area contributed by atoms with Crippen molar-refractivity contribution in [1.82, 2.24) is 14.5 Å². The molecule has 0 fully saturated rings. The Morgan fingerprint density at radius 2 is 1.84 bits per heavy atom. The number of rotatable bonds is 8. The first-order valence-electron chi connectivity index (χ1n) is 11.3. The number of nitrogens with one attached hydrogen (secondary N) is 1. The maximum atomic E-state index is 13.1. The molecule has 1 aromatic heterocycles. The summed E-state index contributed by atoms with van der Waals surface area (Å²) in [5.74, 6) is -0.230. The molecular weight excluding hydrogens is 400 g/mol. The molecule has 32 heavy (non-hydrogen) atoms. The maximum absolute atomic E-state index is 13.1. The van der Waals surface area contributed by atoms with Crippen LogP contribution in [0.5, 0.6) is 0 Å². The second-order valence-electron chi connectivity index (χ2n) is 8.40. The Bertz CT molecular complexity index is 1110. The van der Waals surface area contributed by atoms with Crippen LogP contribution in [0.1, 0.15) is 42.1 Å². The molecule has 0 unspecified atom stereocenters. The first kappa shape index (κ1) is 22.0. The van der Waals surface area contributed by atoms with Gasteiger partial charge in [-0.15, -0.1) is 0 Å². The van der Waals surface area contributed by atoms with Crippen molar-refractivity contribution in [2.24, 2.45) is 0 Å². The van der Waals surface area contributed by atoms with Crippen molar-refractivity contribution in [2.45, 2.75) is 52.2 Å². The monoisotopic (exact) mass is 430 g/mol. The van der Waals surface area contributed by atoms with E-state index in [1.165, 1.54) is 22.0 Å². The van der Waals surface area contributed by atoms with Crippen LogP contribution in [0.4, 0.5) is 5.69 Å². The molecule has 3 aromatic rings. The number of amides is 1. The van der Waals surface area contributed by atoms with E-state index in [1.54, 1.807) is 0 Å². The zero-order valence-electron chi connectivity index (χ0n) is 18.6. The molecule has 166 valence electrons. The van der Waals surface area contributed by atoms with E-state index in [1.807, 2.05) is 42.5 Å². The van der Waals surface area contributed by atoms with Crippen LogP contribution >= 0.6 is 0 Å². The number of hydrogen-bond acceptors (Lipinski definition) is 4. The maximum Gasteiger partial charge on any atom is 0.258 e. The Balaban J connectivity index is 1.40. The summed E-state index contributed by atoms with van der Waals surface area (Å²) in [4.78, 5) is 32.3. The van der Waals surface area contributed by atoms with Crippen molar-refractivity contribution in [1.29, 1.82) is 0 Å². The van der Waals surface area contributed by atoms with Crippen LogP contribution in [-0.4, -0.2) is 26.9 Å². The highest BCUT2D eigenvalue weighted by atomic mass is 16.2. The molecular formula is C26H30N4O2. The Kier molecular flexibility index (Phi) is 7.12. The van der Waals surface area contributed by atoms with E-state index in [9.17, 15) is 9.59 Å². The number of benzene rings is 2. The minimum atomic E-state index is -0.230. The van der Waals surface area contributed by atoms with Gasteiger partial charge in [0.25, 0.3) is 5.56 Å². The van der Waals surface area contributed by atoms with Gasteiger partial charge in [0, 0.05) is 31.7 Å². The van der Waals surface area contributed by atoms with Crippen molar-refractivity contribution in [2.75, 3.05) is 11.9 Å². The van der Waals surface area contributed by atoms with Crippen LogP contribution in [-0.2, 0) is 37.3 Å². The van der Waals surface area contributed by atoms with Gasteiger partial charge in [-0.3, -0.25) is 19.1 Å². The zero-order chi connectivity index (χ0) is 22.3. The Labute approximate surface area is 188 Å². The van der Waals surface area contributed by atoms with Gasteiger partial charge in [-0.1, -0.05) is 55.8 Å². The van der Waals surface area contributed by atoms with Gasteiger partial charge in [-0.25, -0.2) is 4.98 Å². The predicted molar refractivity (Wildman–Crippen MR) is 126 cm³/mol. The molecule has 0 aliphatic carbocycles. The molecule has 0 bridgehead atoms. The number of aromatic nitrogens is 2. The lowest BCUT2D eigenvalue weighted by Gasteiger charge is -2.28. The summed E-state index contributed by atoms with van der Waals surface area (Å²) in [6.07, 6.45) is 5.60. The molecule has 6 nitrogen and oxygen atoms in total. The fourth-order valence-electron chi connectivity index (χ4n) is 4.09. The van der Waals surface area contributed by atoms with Crippen LogP contribution in [0.25, 0.3) is 0 Å². The highest BCUT2D eigenvalue weighted by molar-refractivity contribution is 5.90. The average molecular weight is 431 g/mol. The molecule has 0 radical (unpaired) electrons. The number of carbonyl (C=O) groups is 1. The fourth-order valence-corrected chi connectivity index (χ4v) is 4.09. The molecule has 1 N–H and O–H groups in total. The van der Waals surface area contributed by atoms with Gasteiger partial charge >= 0.3 is 0 Å². The largest absolute Gasteiger partial charge is 0.325 e. The third-order valence-electron chi connectivity index (χ3n) is 5.89. The van der Waals surface area contributed by atoms with E-state index in [0.717, 1.165) is 50.2 Å². The summed E-state index contributed by atoms with van der Waals surface area (Å²) in [5.41, 5.74) is 4.64. The van der Waals surface area contributed by atoms with Gasteiger partial charge in [0.2, 0.25) is 5.91 Å². The summed E-state index contributed by atoms with van der Waals surface area (Å²) in [6.45, 7) is 4.34. The minimum Gasteiger partial charge on any atom is -0.325 e. The SMILES string of the molecule is CCCCc1ccc(NC(=O)Cn2cnc3c(c2=O)CN(Cc2ccccc2)CC3)cc1. The molecule has 2 aromatic carbocycles. The number of aryl methyl sites for hydroxylation is 1. The number of unbranched alkanes of at least 4 members (excludes halogenated alkanes) is 1. The lowest BCUT2D eigenvalue weighted by atomic mass is 10.1. The van der Waals surface area contributed by atoms with E-state index in [4.69, 9.17) is 0 Å². The molecule has 0 atom stereocenters. The highest BCUT2D eigenvalue weighted by Crippen LogP contribution is 2.16. The van der Waals surface area contributed by atoms with Gasteiger partial charge in [0.1, 0.15) is 6.54 Å². The van der Waals surface area contributed by atoms with Crippen molar-refractivity contribution in [3.8, 4) is 0 Å². The van der Waals surface area contributed by atoms with Crippen molar-refractivity contribution in [3.05, 3.63) is 93.7 Å². The molecule has 4 rings (SSSR count). The first-order valence-corrected chi connectivity index (χ1v) is 11.3. The fraction of sp³-hybridized carbons (Fsp3) is 0.346. The highest BCUT2D eigenvalue weighted by Gasteiger charge is 2.22. The molecule has 1 aliphatic heterocycles. The van der Waals surface area contributed by atoms with Crippen LogP contribution < -0.4 is 10.9 Å². The molecule has 0 saturated carbocycles. The van der Waals surface area contributed by atoms with E-state index >= 15 is 0 Å². The third-order valence-corrected chi connectivity index (χ3v) is 5.89. The summed E-state index contributed by atoms with van der Waals surface area (Å²) in [5, 5.41) is 2.89. The van der Waals surface area contributed by atoms with E-state index < -0.39 is 0 Å². The Morgan fingerprint density at radius 1 is 1.06 bits per heavy atom. The van der Waals surface area contributed by atoms with Crippen LogP contribution in [0.3, 0.4) is 0 Å². The first-order chi connectivity index (χ1) is 15.6. The summed E-state index contributed by atoms with van der Waals surface area (Å²) in [6, 6.07) is 18.2. The van der Waals surface area contributed by atoms with Gasteiger partial charge < -0.3 is 5.32 Å². The van der Waals surface area contributed by atoms with Crippen molar-refractivity contribution < 1.29 is 4.79 Å². The van der Waals surface area contributed by atoms with E-state index in [2.05, 4.69) is 34.3 Å². The lowest BCUT2D eigenvalue weighted by Crippen LogP contribution is -2.38. The second kappa shape index (κ2) is 10.4. The smallest absolute Gasteiger partial charge is 0.258 e. The van der Waals surface area contributed by atoms with Gasteiger partial charge in [0.05, 0.1) is 17.6 Å². The van der Waals surface area contributed by atoms with Crippen molar-refractivity contribution >= 4 is 11.6 Å². The third kappa shape index (κ3) is 5.51.